The van der Waals surface area contributed by atoms with Crippen LogP contribution in [0.15, 0.2) is 23.4 Å². The fourth-order valence-corrected chi connectivity index (χ4v) is 11.2. The number of aliphatic hydroxyl groups excluding tert-OH is 1. The van der Waals surface area contributed by atoms with Crippen molar-refractivity contribution in [2.75, 3.05) is 13.1 Å². The maximum Gasteiger partial charge on any atom is 0.226 e. The van der Waals surface area contributed by atoms with Crippen LogP contribution < -0.4 is 0 Å². The van der Waals surface area contributed by atoms with Gasteiger partial charge in [-0.15, -0.1) is 0 Å². The van der Waals surface area contributed by atoms with Crippen LogP contribution in [0.4, 0.5) is 0 Å². The number of nitrogens with zero attached hydrogens (tertiary/aromatic N) is 2. The molecule has 5 heteroatoms. The molecule has 1 N–H and O–H groups in total. The van der Waals surface area contributed by atoms with E-state index >= 15 is 0 Å². The molecule has 39 heavy (non-hydrogen) atoms. The van der Waals surface area contributed by atoms with Crippen molar-refractivity contribution >= 4 is 11.6 Å². The highest BCUT2D eigenvalue weighted by Crippen LogP contribution is 2.74. The van der Waals surface area contributed by atoms with Crippen LogP contribution in [0.2, 0.25) is 0 Å². The van der Waals surface area contributed by atoms with Crippen LogP contribution in [0.1, 0.15) is 99.8 Å². The second-order valence-electron chi connectivity index (χ2n) is 16.1. The van der Waals surface area contributed by atoms with Gasteiger partial charge in [-0.1, -0.05) is 53.2 Å². The number of Topliss-reactive ketones (excluding diaryl/α,β-unsaturated/α-hetero) is 1. The predicted molar refractivity (Wildman–Crippen MR) is 152 cm³/mol. The minimum absolute atomic E-state index is 0.0140. The molecule has 6 rings (SSSR count). The minimum Gasteiger partial charge on any atom is -0.392 e. The Morgan fingerprint density at radius 2 is 1.67 bits per heavy atom. The molecule has 1 saturated heterocycles. The second kappa shape index (κ2) is 8.16. The smallest absolute Gasteiger partial charge is 0.226 e. The molecule has 5 aliphatic carbocycles. The number of fused-ring (bicyclic) bond motifs is 7. The molecule has 0 aromatic carbocycles. The van der Waals surface area contributed by atoms with Gasteiger partial charge in [0.15, 0.2) is 11.6 Å². The maximum absolute atomic E-state index is 14.5. The number of likely N-dealkylation sites (tertiary alicyclic amines) is 1. The van der Waals surface area contributed by atoms with Crippen LogP contribution in [0, 0.1) is 51.4 Å². The Kier molecular flexibility index (Phi) is 5.73. The van der Waals surface area contributed by atoms with E-state index in [0.717, 1.165) is 64.5 Å². The summed E-state index contributed by atoms with van der Waals surface area (Å²) in [4.78, 5) is 34.0. The Balaban J connectivity index is 1.46. The van der Waals surface area contributed by atoms with Crippen molar-refractivity contribution in [2.24, 2.45) is 44.8 Å². The fraction of sp³-hybridized carbons (Fsp3) is 0.794. The van der Waals surface area contributed by atoms with Crippen LogP contribution in [-0.4, -0.2) is 46.3 Å². The summed E-state index contributed by atoms with van der Waals surface area (Å²) in [7, 11) is 0. The van der Waals surface area contributed by atoms with Crippen LogP contribution in [-0.2, 0) is 9.59 Å². The number of hydrogen-bond acceptors (Lipinski definition) is 4. The van der Waals surface area contributed by atoms with Crippen LogP contribution in [0.3, 0.4) is 0 Å². The molecule has 0 aromatic rings. The first-order valence-electron chi connectivity index (χ1n) is 15.4. The van der Waals surface area contributed by atoms with Gasteiger partial charge < -0.3 is 9.90 Å². The first-order chi connectivity index (χ1) is 18.1. The summed E-state index contributed by atoms with van der Waals surface area (Å²) in [5, 5.41) is 10.3. The molecular weight excluding hydrogens is 484 g/mol. The normalized spacial score (nSPS) is 51.1. The number of allylic oxidation sites excluding steroid dienone is 4. The monoisotopic (exact) mass is 532 g/mol. The van der Waals surface area contributed by atoms with Crippen molar-refractivity contribution in [3.05, 3.63) is 34.8 Å². The molecule has 1 unspecified atom stereocenters. The van der Waals surface area contributed by atoms with E-state index in [1.165, 1.54) is 5.57 Å². The molecular formula is C34H48N2O3. The van der Waals surface area contributed by atoms with Gasteiger partial charge in [0.1, 0.15) is 0 Å². The molecule has 0 bridgehead atoms. The molecule has 1 aliphatic heterocycles. The van der Waals surface area contributed by atoms with Crippen molar-refractivity contribution in [3.8, 4) is 0 Å². The summed E-state index contributed by atoms with van der Waals surface area (Å²) >= 11 is 0. The summed E-state index contributed by atoms with van der Waals surface area (Å²) in [6.45, 7) is 25.4. The largest absolute Gasteiger partial charge is 0.392 e. The summed E-state index contributed by atoms with van der Waals surface area (Å²) in [5.74, 6) is 0.626. The van der Waals surface area contributed by atoms with Crippen LogP contribution in [0.25, 0.3) is 4.85 Å². The standard InChI is InChI=1S/C34H48N2O3/c1-29(2)25-9-11-33(6)26(32(25,5)19-23(35-8)28(29)39)17-24(38)27-22-18-31(4,36-16-10-21(37)20-36)14-12-30(22,3)13-15-34(27,33)7/h17,19,21-22,25,27,37H,9-16,18,20H2,1-7H3/t21-,22+,25+,27+,30-,31?,32+,33-,34-/m1/s1. The molecule has 5 nitrogen and oxygen atoms in total. The SMILES string of the molecule is [C-]#[N+]C1=C[C@]2(C)C3=CC(=O)[C@@H]4[C@@H]5CC(C)(N6CC[C@@H](O)C6)CC[C@]5(C)CC[C@@]4(C)[C@]3(C)CC[C@H]2C(C)(C)C1=O. The first-order valence-corrected chi connectivity index (χ1v) is 15.4. The molecule has 0 amide bonds. The third kappa shape index (κ3) is 3.37. The van der Waals surface area contributed by atoms with Gasteiger partial charge in [-0.2, -0.15) is 0 Å². The lowest BCUT2D eigenvalue weighted by molar-refractivity contribution is -0.170. The molecule has 212 valence electrons. The Bertz CT molecular complexity index is 1240. The number of rotatable bonds is 1. The van der Waals surface area contributed by atoms with Crippen molar-refractivity contribution in [1.29, 1.82) is 0 Å². The Morgan fingerprint density at radius 1 is 0.974 bits per heavy atom. The number of carbonyl (C=O) groups excluding carboxylic acids is 2. The average Bonchev–Trinajstić information content (AvgIpc) is 3.31. The van der Waals surface area contributed by atoms with E-state index in [1.807, 2.05) is 26.0 Å². The van der Waals surface area contributed by atoms with E-state index in [9.17, 15) is 14.7 Å². The van der Waals surface area contributed by atoms with Gasteiger partial charge in [0.05, 0.1) is 12.7 Å². The number of carbonyl (C=O) groups is 2. The molecule has 9 atom stereocenters. The van der Waals surface area contributed by atoms with Crippen molar-refractivity contribution in [2.45, 2.75) is 111 Å². The first kappa shape index (κ1) is 27.4. The molecule has 0 spiro atoms. The van der Waals surface area contributed by atoms with E-state index in [-0.39, 0.29) is 57.0 Å². The minimum atomic E-state index is -0.622. The van der Waals surface area contributed by atoms with Crippen LogP contribution in [0.5, 0.6) is 0 Å². The Morgan fingerprint density at radius 3 is 2.31 bits per heavy atom. The van der Waals surface area contributed by atoms with E-state index in [4.69, 9.17) is 6.57 Å². The van der Waals surface area contributed by atoms with E-state index in [1.54, 1.807) is 0 Å². The van der Waals surface area contributed by atoms with Gasteiger partial charge in [0.2, 0.25) is 5.70 Å². The summed E-state index contributed by atoms with van der Waals surface area (Å²) < 4.78 is 0. The zero-order valence-corrected chi connectivity index (χ0v) is 25.2. The zero-order valence-electron chi connectivity index (χ0n) is 25.2. The van der Waals surface area contributed by atoms with E-state index in [2.05, 4.69) is 44.4 Å². The molecule has 1 heterocycles. The lowest BCUT2D eigenvalue weighted by atomic mass is 9.34. The maximum atomic E-state index is 14.5. The van der Waals surface area contributed by atoms with Gasteiger partial charge in [-0.05, 0) is 92.4 Å². The molecule has 0 radical (unpaired) electrons. The lowest BCUT2D eigenvalue weighted by Crippen LogP contribution is -2.65. The second-order valence-corrected chi connectivity index (χ2v) is 16.1. The van der Waals surface area contributed by atoms with Crippen LogP contribution >= 0.6 is 0 Å². The number of aliphatic hydroxyl groups is 1. The highest BCUT2D eigenvalue weighted by Gasteiger charge is 2.69. The third-order valence-electron chi connectivity index (χ3n) is 14.0. The highest BCUT2D eigenvalue weighted by molar-refractivity contribution is 6.03. The molecule has 6 aliphatic rings. The quantitative estimate of drug-likeness (QED) is 0.398. The molecule has 3 saturated carbocycles. The summed E-state index contributed by atoms with van der Waals surface area (Å²) in [6.07, 6.45) is 12.0. The van der Waals surface area contributed by atoms with Gasteiger partial charge in [0, 0.05) is 35.4 Å². The average molecular weight is 533 g/mol. The van der Waals surface area contributed by atoms with Gasteiger partial charge in [-0.25, -0.2) is 4.85 Å². The predicted octanol–water partition coefficient (Wildman–Crippen LogP) is 6.38. The summed E-state index contributed by atoms with van der Waals surface area (Å²) in [5.41, 5.74) is 0.206. The van der Waals surface area contributed by atoms with Gasteiger partial charge in [0.25, 0.3) is 0 Å². The summed E-state index contributed by atoms with van der Waals surface area (Å²) in [6, 6.07) is 0. The van der Waals surface area contributed by atoms with Crippen molar-refractivity contribution in [3.63, 3.8) is 0 Å². The third-order valence-corrected chi connectivity index (χ3v) is 14.0. The molecule has 4 fully saturated rings. The lowest BCUT2D eigenvalue weighted by Gasteiger charge is -2.69. The van der Waals surface area contributed by atoms with Gasteiger partial charge >= 0.3 is 0 Å². The Labute approximate surface area is 235 Å². The van der Waals surface area contributed by atoms with E-state index < -0.39 is 10.8 Å². The molecule has 0 aromatic heterocycles. The Hall–Kier alpha value is -1.77. The van der Waals surface area contributed by atoms with Crippen molar-refractivity contribution < 1.29 is 14.7 Å². The van der Waals surface area contributed by atoms with Crippen molar-refractivity contribution in [1.82, 2.24) is 4.90 Å². The fourth-order valence-electron chi connectivity index (χ4n) is 11.2. The number of hydrogen-bond donors (Lipinski definition) is 1. The number of ketones is 2. The number of β-amino-alcohol motifs (C(OH)–C–C–N with tert-alkyl or cyclic N) is 1. The van der Waals surface area contributed by atoms with Gasteiger partial charge in [-0.3, -0.25) is 9.69 Å². The highest BCUT2D eigenvalue weighted by atomic mass is 16.3. The van der Waals surface area contributed by atoms with E-state index in [0.29, 0.717) is 5.92 Å². The topological polar surface area (TPSA) is 62.0 Å². The zero-order chi connectivity index (χ0) is 28.4.